The van der Waals surface area contributed by atoms with Gasteiger partial charge in [-0.1, -0.05) is 19.1 Å². The average molecular weight is 267 g/mol. The average Bonchev–Trinajstić information content (AvgIpc) is 2.38. The Morgan fingerprint density at radius 2 is 1.89 bits per heavy atom. The molecule has 0 fully saturated rings. The number of hydrogen-bond donors (Lipinski definition) is 1. The van der Waals surface area contributed by atoms with Gasteiger partial charge in [0, 0.05) is 13.2 Å². The third kappa shape index (κ3) is 6.17. The van der Waals surface area contributed by atoms with Gasteiger partial charge in [0.1, 0.15) is 5.82 Å². The summed E-state index contributed by atoms with van der Waals surface area (Å²) >= 11 is 0. The SMILES string of the molecule is CCCNC(Cc1ccc(F)cc1)CC(C)(C)OC. The quantitative estimate of drug-likeness (QED) is 0.777. The van der Waals surface area contributed by atoms with E-state index in [4.69, 9.17) is 4.74 Å². The first kappa shape index (κ1) is 16.1. The van der Waals surface area contributed by atoms with E-state index in [1.54, 1.807) is 7.11 Å². The fourth-order valence-electron chi connectivity index (χ4n) is 2.15. The molecule has 2 nitrogen and oxygen atoms in total. The highest BCUT2D eigenvalue weighted by Gasteiger charge is 2.22. The highest BCUT2D eigenvalue weighted by Crippen LogP contribution is 2.18. The topological polar surface area (TPSA) is 21.3 Å². The lowest BCUT2D eigenvalue weighted by Crippen LogP contribution is -2.39. The molecule has 108 valence electrons. The Kier molecular flexibility index (Phi) is 6.46. The molecular formula is C16H26FNO. The van der Waals surface area contributed by atoms with Crippen molar-refractivity contribution >= 4 is 0 Å². The van der Waals surface area contributed by atoms with Crippen molar-refractivity contribution in [1.82, 2.24) is 5.32 Å². The zero-order valence-electron chi connectivity index (χ0n) is 12.5. The summed E-state index contributed by atoms with van der Waals surface area (Å²) in [4.78, 5) is 0. The fourth-order valence-corrected chi connectivity index (χ4v) is 2.15. The second-order valence-corrected chi connectivity index (χ2v) is 5.65. The van der Waals surface area contributed by atoms with E-state index in [0.29, 0.717) is 6.04 Å². The summed E-state index contributed by atoms with van der Waals surface area (Å²) in [5, 5.41) is 3.55. The molecule has 1 aromatic carbocycles. The van der Waals surface area contributed by atoms with Crippen LogP contribution in [0.4, 0.5) is 4.39 Å². The molecule has 0 aliphatic heterocycles. The molecule has 19 heavy (non-hydrogen) atoms. The molecule has 1 aromatic rings. The molecular weight excluding hydrogens is 241 g/mol. The molecule has 0 spiro atoms. The van der Waals surface area contributed by atoms with E-state index < -0.39 is 0 Å². The first-order valence-corrected chi connectivity index (χ1v) is 7.00. The van der Waals surface area contributed by atoms with Gasteiger partial charge in [-0.25, -0.2) is 4.39 Å². The van der Waals surface area contributed by atoms with Crippen molar-refractivity contribution in [2.24, 2.45) is 0 Å². The molecule has 0 amide bonds. The van der Waals surface area contributed by atoms with Crippen molar-refractivity contribution in [3.05, 3.63) is 35.6 Å². The number of halogens is 1. The molecule has 1 rings (SSSR count). The molecule has 0 radical (unpaired) electrons. The van der Waals surface area contributed by atoms with Gasteiger partial charge < -0.3 is 10.1 Å². The van der Waals surface area contributed by atoms with Gasteiger partial charge in [0.15, 0.2) is 0 Å². The zero-order chi connectivity index (χ0) is 14.3. The molecule has 1 N–H and O–H groups in total. The summed E-state index contributed by atoms with van der Waals surface area (Å²) in [6.07, 6.45) is 2.93. The van der Waals surface area contributed by atoms with Crippen molar-refractivity contribution in [3.8, 4) is 0 Å². The number of ether oxygens (including phenoxy) is 1. The molecule has 0 aliphatic carbocycles. The highest BCUT2D eigenvalue weighted by molar-refractivity contribution is 5.17. The monoisotopic (exact) mass is 267 g/mol. The van der Waals surface area contributed by atoms with Gasteiger partial charge in [0.25, 0.3) is 0 Å². The fraction of sp³-hybridized carbons (Fsp3) is 0.625. The highest BCUT2D eigenvalue weighted by atomic mass is 19.1. The second-order valence-electron chi connectivity index (χ2n) is 5.65. The Labute approximate surface area is 116 Å². The van der Waals surface area contributed by atoms with E-state index in [2.05, 4.69) is 26.1 Å². The van der Waals surface area contributed by atoms with Crippen molar-refractivity contribution in [2.45, 2.75) is 51.7 Å². The summed E-state index contributed by atoms with van der Waals surface area (Å²) in [5.74, 6) is -0.181. The normalized spacial score (nSPS) is 13.5. The predicted molar refractivity (Wildman–Crippen MR) is 77.9 cm³/mol. The predicted octanol–water partition coefficient (Wildman–Crippen LogP) is 3.55. The molecule has 0 saturated heterocycles. The molecule has 0 aromatic heterocycles. The van der Waals surface area contributed by atoms with E-state index in [1.165, 1.54) is 12.1 Å². The van der Waals surface area contributed by atoms with Crippen LogP contribution in [0.5, 0.6) is 0 Å². The molecule has 0 aliphatic rings. The zero-order valence-corrected chi connectivity index (χ0v) is 12.5. The summed E-state index contributed by atoms with van der Waals surface area (Å²) in [7, 11) is 1.74. The summed E-state index contributed by atoms with van der Waals surface area (Å²) < 4.78 is 18.4. The summed E-state index contributed by atoms with van der Waals surface area (Å²) in [6.45, 7) is 7.34. The lowest BCUT2D eigenvalue weighted by molar-refractivity contribution is 0.00714. The van der Waals surface area contributed by atoms with Crippen molar-refractivity contribution in [3.63, 3.8) is 0 Å². The maximum atomic E-state index is 12.9. The minimum absolute atomic E-state index is 0.147. The molecule has 1 atom stereocenters. The van der Waals surface area contributed by atoms with Crippen LogP contribution in [-0.4, -0.2) is 25.3 Å². The van der Waals surface area contributed by atoms with E-state index in [1.807, 2.05) is 12.1 Å². The van der Waals surface area contributed by atoms with Crippen molar-refractivity contribution in [1.29, 1.82) is 0 Å². The number of methoxy groups -OCH3 is 1. The van der Waals surface area contributed by atoms with E-state index in [0.717, 1.165) is 31.4 Å². The summed E-state index contributed by atoms with van der Waals surface area (Å²) in [6, 6.07) is 7.10. The van der Waals surface area contributed by atoms with Gasteiger partial charge in [-0.15, -0.1) is 0 Å². The summed E-state index contributed by atoms with van der Waals surface area (Å²) in [5.41, 5.74) is 1.01. The second kappa shape index (κ2) is 7.61. The minimum Gasteiger partial charge on any atom is -0.379 e. The van der Waals surface area contributed by atoms with Crippen LogP contribution in [-0.2, 0) is 11.2 Å². The molecule has 0 bridgehead atoms. The third-order valence-electron chi connectivity index (χ3n) is 3.37. The van der Waals surface area contributed by atoms with Gasteiger partial charge in [-0.2, -0.15) is 0 Å². The first-order valence-electron chi connectivity index (χ1n) is 7.00. The van der Waals surface area contributed by atoms with Crippen LogP contribution >= 0.6 is 0 Å². The van der Waals surface area contributed by atoms with Crippen LogP contribution in [0.3, 0.4) is 0 Å². The van der Waals surface area contributed by atoms with Gasteiger partial charge >= 0.3 is 0 Å². The van der Waals surface area contributed by atoms with Crippen LogP contribution in [0.25, 0.3) is 0 Å². The lowest BCUT2D eigenvalue weighted by atomic mass is 9.94. The number of rotatable bonds is 8. The Morgan fingerprint density at radius 1 is 1.26 bits per heavy atom. The largest absolute Gasteiger partial charge is 0.379 e. The van der Waals surface area contributed by atoms with Gasteiger partial charge in [0.2, 0.25) is 0 Å². The first-order chi connectivity index (χ1) is 8.96. The Morgan fingerprint density at radius 3 is 2.42 bits per heavy atom. The number of hydrogen-bond acceptors (Lipinski definition) is 2. The van der Waals surface area contributed by atoms with Crippen LogP contribution < -0.4 is 5.32 Å². The van der Waals surface area contributed by atoms with Crippen LogP contribution in [0.1, 0.15) is 39.2 Å². The van der Waals surface area contributed by atoms with Crippen molar-refractivity contribution < 1.29 is 9.13 Å². The molecule has 0 saturated carbocycles. The van der Waals surface area contributed by atoms with Crippen LogP contribution in [0.15, 0.2) is 24.3 Å². The standard InChI is InChI=1S/C16H26FNO/c1-5-10-18-15(12-16(2,3)19-4)11-13-6-8-14(17)9-7-13/h6-9,15,18H,5,10-12H2,1-4H3. The number of benzene rings is 1. The molecule has 3 heteroatoms. The van der Waals surface area contributed by atoms with Gasteiger partial charge in [-0.3, -0.25) is 0 Å². The maximum absolute atomic E-state index is 12.9. The van der Waals surface area contributed by atoms with Crippen molar-refractivity contribution in [2.75, 3.05) is 13.7 Å². The van der Waals surface area contributed by atoms with Gasteiger partial charge in [0.05, 0.1) is 5.60 Å². The minimum atomic E-state index is -0.181. The smallest absolute Gasteiger partial charge is 0.123 e. The maximum Gasteiger partial charge on any atom is 0.123 e. The lowest BCUT2D eigenvalue weighted by Gasteiger charge is -2.29. The Balaban J connectivity index is 2.65. The van der Waals surface area contributed by atoms with E-state index in [9.17, 15) is 4.39 Å². The van der Waals surface area contributed by atoms with E-state index in [-0.39, 0.29) is 11.4 Å². The van der Waals surface area contributed by atoms with Gasteiger partial charge in [-0.05, 0) is 57.4 Å². The van der Waals surface area contributed by atoms with Crippen LogP contribution in [0.2, 0.25) is 0 Å². The Hall–Kier alpha value is -0.930. The van der Waals surface area contributed by atoms with E-state index >= 15 is 0 Å². The van der Waals surface area contributed by atoms with Crippen LogP contribution in [0, 0.1) is 5.82 Å². The third-order valence-corrected chi connectivity index (χ3v) is 3.37. The molecule has 0 heterocycles. The number of nitrogens with one attached hydrogen (secondary N) is 1. The Bertz CT molecular complexity index is 362. The molecule has 1 unspecified atom stereocenters.